The van der Waals surface area contributed by atoms with Gasteiger partial charge in [0, 0.05) is 12.1 Å². The van der Waals surface area contributed by atoms with Crippen LogP contribution in [0.1, 0.15) is 29.5 Å². The zero-order valence-corrected chi connectivity index (χ0v) is 12.0. The van der Waals surface area contributed by atoms with Crippen molar-refractivity contribution in [2.24, 2.45) is 0 Å². The van der Waals surface area contributed by atoms with Crippen LogP contribution >= 0.6 is 0 Å². The van der Waals surface area contributed by atoms with Crippen LogP contribution in [-0.4, -0.2) is 42.4 Å². The van der Waals surface area contributed by atoms with Crippen molar-refractivity contribution >= 4 is 0 Å². The Labute approximate surface area is 115 Å². The number of piperidine rings is 1. The van der Waals surface area contributed by atoms with E-state index in [1.165, 1.54) is 11.1 Å². The second-order valence-electron chi connectivity index (χ2n) is 6.20. The van der Waals surface area contributed by atoms with Crippen molar-refractivity contribution in [2.75, 3.05) is 20.3 Å². The van der Waals surface area contributed by atoms with Gasteiger partial charge < -0.3 is 9.84 Å². The third-order valence-electron chi connectivity index (χ3n) is 5.03. The Morgan fingerprint density at radius 1 is 1.21 bits per heavy atom. The van der Waals surface area contributed by atoms with E-state index in [9.17, 15) is 5.11 Å². The highest BCUT2D eigenvalue weighted by atomic mass is 16.5. The molecular weight excluding hydrogens is 238 g/mol. The average Bonchev–Trinajstić information content (AvgIpc) is 2.35. The van der Waals surface area contributed by atoms with Crippen molar-refractivity contribution in [1.82, 2.24) is 4.90 Å². The summed E-state index contributed by atoms with van der Waals surface area (Å²) in [6.07, 6.45) is 1.54. The molecule has 3 rings (SSSR count). The van der Waals surface area contributed by atoms with E-state index in [4.69, 9.17) is 4.74 Å². The first kappa shape index (κ1) is 13.1. The fraction of sp³-hybridized carbons (Fsp3) is 0.625. The minimum atomic E-state index is -0.693. The predicted octanol–water partition coefficient (Wildman–Crippen LogP) is 1.98. The number of hydrogen-bond donors (Lipinski definition) is 1. The summed E-state index contributed by atoms with van der Waals surface area (Å²) in [4.78, 5) is 2.38. The molecule has 0 aromatic heterocycles. The molecule has 3 nitrogen and oxygen atoms in total. The van der Waals surface area contributed by atoms with Gasteiger partial charge in [0.1, 0.15) is 0 Å². The molecule has 3 heteroatoms. The van der Waals surface area contributed by atoms with Crippen LogP contribution in [0.4, 0.5) is 0 Å². The number of aryl methyl sites for hydroxylation is 1. The number of hydrogen-bond acceptors (Lipinski definition) is 3. The van der Waals surface area contributed by atoms with Gasteiger partial charge in [0.25, 0.3) is 0 Å². The van der Waals surface area contributed by atoms with Gasteiger partial charge in [-0.25, -0.2) is 0 Å². The first-order valence-electron chi connectivity index (χ1n) is 7.10. The molecule has 2 unspecified atom stereocenters. The summed E-state index contributed by atoms with van der Waals surface area (Å²) < 4.78 is 5.64. The van der Waals surface area contributed by atoms with Crippen molar-refractivity contribution in [3.05, 3.63) is 34.9 Å². The summed E-state index contributed by atoms with van der Waals surface area (Å²) in [7, 11) is 2.15. The lowest BCUT2D eigenvalue weighted by Gasteiger charge is -2.50. The summed E-state index contributed by atoms with van der Waals surface area (Å²) >= 11 is 0. The highest BCUT2D eigenvalue weighted by molar-refractivity contribution is 5.38. The van der Waals surface area contributed by atoms with E-state index in [0.717, 1.165) is 31.6 Å². The fourth-order valence-electron chi connectivity index (χ4n) is 3.62. The van der Waals surface area contributed by atoms with Crippen molar-refractivity contribution in [2.45, 2.75) is 44.4 Å². The average molecular weight is 261 g/mol. The second-order valence-corrected chi connectivity index (χ2v) is 6.20. The van der Waals surface area contributed by atoms with Gasteiger partial charge >= 0.3 is 0 Å². The maximum atomic E-state index is 11.2. The molecule has 2 aliphatic heterocycles. The molecular formula is C16H23NO2. The molecule has 2 bridgehead atoms. The van der Waals surface area contributed by atoms with E-state index < -0.39 is 5.60 Å². The van der Waals surface area contributed by atoms with Crippen LogP contribution in [0.5, 0.6) is 0 Å². The Balaban J connectivity index is 1.97. The number of nitrogens with zero attached hydrogens (tertiary/aromatic N) is 1. The van der Waals surface area contributed by atoms with E-state index >= 15 is 0 Å². The first-order chi connectivity index (χ1) is 9.01. The van der Waals surface area contributed by atoms with E-state index in [2.05, 4.69) is 44.0 Å². The maximum Gasteiger partial charge on any atom is 0.0930 e. The molecule has 104 valence electrons. The van der Waals surface area contributed by atoms with Gasteiger partial charge in [-0.05, 0) is 50.4 Å². The highest BCUT2D eigenvalue weighted by Gasteiger charge is 2.46. The Bertz CT molecular complexity index is 472. The first-order valence-corrected chi connectivity index (χ1v) is 7.10. The predicted molar refractivity (Wildman–Crippen MR) is 75.2 cm³/mol. The smallest absolute Gasteiger partial charge is 0.0930 e. The van der Waals surface area contributed by atoms with Gasteiger partial charge in [-0.3, -0.25) is 4.90 Å². The Morgan fingerprint density at radius 2 is 1.84 bits per heavy atom. The number of likely N-dealkylation sites (N-methyl/N-ethyl adjacent to an activating group) is 1. The van der Waals surface area contributed by atoms with Crippen LogP contribution in [-0.2, 0) is 10.3 Å². The van der Waals surface area contributed by atoms with E-state index in [1.807, 2.05) is 0 Å². The Morgan fingerprint density at radius 3 is 2.47 bits per heavy atom. The third-order valence-corrected chi connectivity index (χ3v) is 5.03. The topological polar surface area (TPSA) is 32.7 Å². The van der Waals surface area contributed by atoms with E-state index in [0.29, 0.717) is 12.1 Å². The van der Waals surface area contributed by atoms with Gasteiger partial charge in [0.05, 0.1) is 18.8 Å². The van der Waals surface area contributed by atoms with Gasteiger partial charge in [0.15, 0.2) is 0 Å². The molecule has 1 N–H and O–H groups in total. The SMILES string of the molecule is Cc1cccc(C2(O)CC3COCC(C2)N3C)c1C. The maximum absolute atomic E-state index is 11.2. The lowest BCUT2D eigenvalue weighted by atomic mass is 9.75. The van der Waals surface area contributed by atoms with Gasteiger partial charge in [-0.2, -0.15) is 0 Å². The van der Waals surface area contributed by atoms with Gasteiger partial charge in [-0.15, -0.1) is 0 Å². The number of aliphatic hydroxyl groups is 1. The normalized spacial score (nSPS) is 35.4. The number of morpholine rings is 1. The minimum Gasteiger partial charge on any atom is -0.385 e. The molecule has 0 aliphatic carbocycles. The van der Waals surface area contributed by atoms with Crippen LogP contribution in [0.2, 0.25) is 0 Å². The lowest BCUT2D eigenvalue weighted by Crippen LogP contribution is -2.59. The summed E-state index contributed by atoms with van der Waals surface area (Å²) in [5.41, 5.74) is 2.90. The van der Waals surface area contributed by atoms with Crippen LogP contribution < -0.4 is 0 Å². The van der Waals surface area contributed by atoms with Crippen molar-refractivity contribution in [3.63, 3.8) is 0 Å². The molecule has 2 atom stereocenters. The Kier molecular flexibility index (Phi) is 3.16. The van der Waals surface area contributed by atoms with Crippen LogP contribution in [0.15, 0.2) is 18.2 Å². The number of ether oxygens (including phenoxy) is 1. The summed E-state index contributed by atoms with van der Waals surface area (Å²) in [5.74, 6) is 0. The van der Waals surface area contributed by atoms with Gasteiger partial charge in [-0.1, -0.05) is 18.2 Å². The number of fused-ring (bicyclic) bond motifs is 2. The van der Waals surface area contributed by atoms with Crippen molar-refractivity contribution in [3.8, 4) is 0 Å². The molecule has 0 saturated carbocycles. The molecule has 1 aromatic carbocycles. The molecule has 19 heavy (non-hydrogen) atoms. The van der Waals surface area contributed by atoms with Crippen molar-refractivity contribution in [1.29, 1.82) is 0 Å². The molecule has 2 aliphatic rings. The molecule has 2 fully saturated rings. The quantitative estimate of drug-likeness (QED) is 0.839. The number of benzene rings is 1. The standard InChI is InChI=1S/C16H23NO2/c1-11-5-4-6-15(12(11)2)16(18)7-13-9-19-10-14(8-16)17(13)3/h4-6,13-14,18H,7-10H2,1-3H3. The molecule has 2 heterocycles. The number of rotatable bonds is 1. The summed E-state index contributed by atoms with van der Waals surface area (Å²) in [6.45, 7) is 5.70. The zero-order chi connectivity index (χ0) is 13.6. The zero-order valence-electron chi connectivity index (χ0n) is 12.0. The Hall–Kier alpha value is -0.900. The largest absolute Gasteiger partial charge is 0.385 e. The minimum absolute atomic E-state index is 0.331. The molecule has 0 spiro atoms. The monoisotopic (exact) mass is 261 g/mol. The van der Waals surface area contributed by atoms with Gasteiger partial charge in [0.2, 0.25) is 0 Å². The summed E-state index contributed by atoms with van der Waals surface area (Å²) in [6, 6.07) is 6.92. The lowest BCUT2D eigenvalue weighted by molar-refractivity contribution is -0.138. The molecule has 0 amide bonds. The van der Waals surface area contributed by atoms with Crippen molar-refractivity contribution < 1.29 is 9.84 Å². The second kappa shape index (κ2) is 4.58. The summed E-state index contributed by atoms with van der Waals surface area (Å²) in [5, 5.41) is 11.2. The van der Waals surface area contributed by atoms with E-state index in [-0.39, 0.29) is 0 Å². The fourth-order valence-corrected chi connectivity index (χ4v) is 3.62. The molecule has 2 saturated heterocycles. The molecule has 0 radical (unpaired) electrons. The van der Waals surface area contributed by atoms with E-state index in [1.54, 1.807) is 0 Å². The third kappa shape index (κ3) is 2.10. The van der Waals surface area contributed by atoms with Crippen LogP contribution in [0.3, 0.4) is 0 Å². The molecule has 1 aromatic rings. The highest BCUT2D eigenvalue weighted by Crippen LogP contribution is 2.41. The van der Waals surface area contributed by atoms with Crippen LogP contribution in [0.25, 0.3) is 0 Å². The van der Waals surface area contributed by atoms with Crippen LogP contribution in [0, 0.1) is 13.8 Å².